The van der Waals surface area contributed by atoms with Crippen LogP contribution in [-0.4, -0.2) is 11.5 Å². The van der Waals surface area contributed by atoms with Crippen LogP contribution in [0.25, 0.3) is 0 Å². The molecule has 0 atom stereocenters. The van der Waals surface area contributed by atoms with Gasteiger partial charge in [0.25, 0.3) is 0 Å². The van der Waals surface area contributed by atoms with E-state index in [2.05, 4.69) is 24.2 Å². The maximum atomic E-state index is 7.96. The number of nitrogens with one attached hydrogen (secondary N) is 1. The van der Waals surface area contributed by atoms with Crippen molar-refractivity contribution in [1.29, 1.82) is 0 Å². The molecule has 1 aromatic rings. The van der Waals surface area contributed by atoms with Gasteiger partial charge in [-0.1, -0.05) is 11.1 Å². The fraction of sp³-hybridized carbons (Fsp3) is 0.143. The molecule has 0 spiro atoms. The highest BCUT2D eigenvalue weighted by Crippen LogP contribution is 2.22. The molecule has 84 valence electrons. The maximum Gasteiger partial charge on any atom is 0.0715 e. The number of benzene rings is 1. The van der Waals surface area contributed by atoms with Gasteiger partial charge in [0, 0.05) is 23.2 Å². The lowest BCUT2D eigenvalue weighted by molar-refractivity contribution is -0.432. The van der Waals surface area contributed by atoms with E-state index >= 15 is 0 Å². The second kappa shape index (κ2) is 7.77. The topological polar surface area (TPSA) is 69.2 Å². The molecule has 0 saturated carbocycles. The Labute approximate surface area is 95.0 Å². The van der Waals surface area contributed by atoms with Crippen molar-refractivity contribution < 1.29 is 24.0 Å². The van der Waals surface area contributed by atoms with Crippen LogP contribution in [0.3, 0.4) is 0 Å². The molecule has 1 aromatic carbocycles. The lowest BCUT2D eigenvalue weighted by Gasteiger charge is -2.04. The van der Waals surface area contributed by atoms with E-state index in [1.807, 2.05) is 0 Å². The molecule has 2 N–H and O–H groups in total. The van der Waals surface area contributed by atoms with Gasteiger partial charge in [-0.3, -0.25) is 0 Å². The molecule has 0 saturated heterocycles. The van der Waals surface area contributed by atoms with E-state index in [1.54, 1.807) is 30.5 Å². The van der Waals surface area contributed by atoms with Gasteiger partial charge in [-0.25, -0.2) is 10.7 Å². The molecule has 0 aromatic heterocycles. The Bertz CT molecular complexity index is 288. The van der Waals surface area contributed by atoms with Gasteiger partial charge in [-0.15, -0.1) is 13.7 Å². The van der Waals surface area contributed by atoms with Crippen molar-refractivity contribution in [3.05, 3.63) is 24.3 Å². The summed E-state index contributed by atoms with van der Waals surface area (Å²) in [7, 11) is 0. The summed E-state index contributed by atoms with van der Waals surface area (Å²) in [6.07, 6.45) is 1.72. The van der Waals surface area contributed by atoms with Gasteiger partial charge in [0.2, 0.25) is 0 Å². The van der Waals surface area contributed by atoms with E-state index in [9.17, 15) is 0 Å². The molecule has 0 fully saturated rings. The molecule has 0 aliphatic carbocycles. The SMILES string of the molecule is CSOONc1cccc(SOOO)c1. The van der Waals surface area contributed by atoms with Crippen molar-refractivity contribution in [3.8, 4) is 0 Å². The van der Waals surface area contributed by atoms with Gasteiger partial charge in [-0.2, -0.15) is 0 Å². The van der Waals surface area contributed by atoms with Crippen molar-refractivity contribution in [1.82, 2.24) is 0 Å². The first-order chi connectivity index (χ1) is 7.36. The summed E-state index contributed by atoms with van der Waals surface area (Å²) in [6, 6.07) is 7.03. The minimum Gasteiger partial charge on any atom is -0.234 e. The van der Waals surface area contributed by atoms with Gasteiger partial charge in [0.05, 0.1) is 17.7 Å². The van der Waals surface area contributed by atoms with Crippen LogP contribution >= 0.6 is 24.1 Å². The third-order valence-corrected chi connectivity index (χ3v) is 2.04. The highest BCUT2D eigenvalue weighted by molar-refractivity contribution is 7.94. The van der Waals surface area contributed by atoms with E-state index in [-0.39, 0.29) is 0 Å². The largest absolute Gasteiger partial charge is 0.234 e. The third kappa shape index (κ3) is 5.23. The molecule has 0 heterocycles. The van der Waals surface area contributed by atoms with Crippen LogP contribution in [0.4, 0.5) is 5.69 Å². The summed E-state index contributed by atoms with van der Waals surface area (Å²) in [5, 5.41) is 11.4. The zero-order valence-corrected chi connectivity index (χ0v) is 9.34. The van der Waals surface area contributed by atoms with Crippen LogP contribution in [0.15, 0.2) is 29.2 Å². The molecule has 1 rings (SSSR count). The molecule has 6 nitrogen and oxygen atoms in total. The van der Waals surface area contributed by atoms with Crippen LogP contribution in [0.5, 0.6) is 0 Å². The van der Waals surface area contributed by atoms with E-state index in [1.165, 1.54) is 0 Å². The Morgan fingerprint density at radius 2 is 2.20 bits per heavy atom. The van der Waals surface area contributed by atoms with Crippen LogP contribution in [0.1, 0.15) is 0 Å². The first kappa shape index (κ1) is 12.6. The van der Waals surface area contributed by atoms with Crippen LogP contribution < -0.4 is 5.48 Å². The van der Waals surface area contributed by atoms with Crippen molar-refractivity contribution in [2.75, 3.05) is 11.7 Å². The molecular formula is C7H9NO5S2. The summed E-state index contributed by atoms with van der Waals surface area (Å²) >= 11 is 1.93. The van der Waals surface area contributed by atoms with Crippen molar-refractivity contribution >= 4 is 29.8 Å². The number of anilines is 1. The summed E-state index contributed by atoms with van der Waals surface area (Å²) in [5.74, 6) is 0. The lowest BCUT2D eigenvalue weighted by Crippen LogP contribution is -1.98. The zero-order valence-electron chi connectivity index (χ0n) is 7.71. The van der Waals surface area contributed by atoms with Crippen LogP contribution in [-0.2, 0) is 18.7 Å². The van der Waals surface area contributed by atoms with Gasteiger partial charge < -0.3 is 0 Å². The van der Waals surface area contributed by atoms with Crippen LogP contribution in [0, 0.1) is 0 Å². The second-order valence-electron chi connectivity index (χ2n) is 2.17. The fourth-order valence-electron chi connectivity index (χ4n) is 0.765. The molecular weight excluding hydrogens is 242 g/mol. The van der Waals surface area contributed by atoms with Gasteiger partial charge >= 0.3 is 0 Å². The quantitative estimate of drug-likeness (QED) is 0.332. The highest BCUT2D eigenvalue weighted by atomic mass is 32.2. The van der Waals surface area contributed by atoms with Crippen LogP contribution in [0.2, 0.25) is 0 Å². The fourth-order valence-corrected chi connectivity index (χ4v) is 1.29. The highest BCUT2D eigenvalue weighted by Gasteiger charge is 1.98. The first-order valence-corrected chi connectivity index (χ1v) is 5.63. The number of hydrogen-bond donors (Lipinski definition) is 2. The molecule has 0 amide bonds. The predicted octanol–water partition coefficient (Wildman–Crippen LogP) is 2.67. The summed E-state index contributed by atoms with van der Waals surface area (Å²) in [6.45, 7) is 0. The van der Waals surface area contributed by atoms with Gasteiger partial charge in [-0.05, 0) is 18.2 Å². The molecule has 0 aliphatic rings. The number of rotatable bonds is 7. The Morgan fingerprint density at radius 1 is 1.33 bits per heavy atom. The summed E-state index contributed by atoms with van der Waals surface area (Å²) in [4.78, 5) is 5.33. The Balaban J connectivity index is 2.42. The maximum absolute atomic E-state index is 7.96. The molecule has 0 radical (unpaired) electrons. The second-order valence-corrected chi connectivity index (χ2v) is 3.42. The van der Waals surface area contributed by atoms with Crippen molar-refractivity contribution in [2.24, 2.45) is 0 Å². The predicted molar refractivity (Wildman–Crippen MR) is 56.4 cm³/mol. The van der Waals surface area contributed by atoms with Crippen molar-refractivity contribution in [3.63, 3.8) is 0 Å². The zero-order chi connectivity index (χ0) is 10.9. The summed E-state index contributed by atoms with van der Waals surface area (Å²) in [5.41, 5.74) is 3.22. The van der Waals surface area contributed by atoms with Gasteiger partial charge in [0.15, 0.2) is 0 Å². The third-order valence-electron chi connectivity index (χ3n) is 1.26. The van der Waals surface area contributed by atoms with E-state index in [0.29, 0.717) is 5.69 Å². The lowest BCUT2D eigenvalue weighted by atomic mass is 10.3. The van der Waals surface area contributed by atoms with E-state index < -0.39 is 0 Å². The molecule has 0 bridgehead atoms. The normalized spacial score (nSPS) is 10.3. The van der Waals surface area contributed by atoms with E-state index in [0.717, 1.165) is 29.0 Å². The summed E-state index contributed by atoms with van der Waals surface area (Å²) < 4.78 is 8.83. The monoisotopic (exact) mass is 251 g/mol. The van der Waals surface area contributed by atoms with Gasteiger partial charge in [0.1, 0.15) is 0 Å². The average molecular weight is 251 g/mol. The van der Waals surface area contributed by atoms with Crippen molar-refractivity contribution in [2.45, 2.75) is 4.90 Å². The smallest absolute Gasteiger partial charge is 0.0715 e. The average Bonchev–Trinajstić information content (AvgIpc) is 2.27. The van der Waals surface area contributed by atoms with E-state index in [4.69, 9.17) is 5.26 Å². The Morgan fingerprint density at radius 3 is 2.93 bits per heavy atom. The molecule has 0 aliphatic heterocycles. The standard InChI is InChI=1S/C7H9NO5S2/c1-14-12-10-8-6-3-2-4-7(5-6)15-13-11-9/h2-5,8-9H,1H3. The Kier molecular flexibility index (Phi) is 6.52. The minimum atomic E-state index is 0.676. The Hall–Kier alpha value is -0.480. The molecule has 0 unspecified atom stereocenters. The number of hydrogen-bond acceptors (Lipinski definition) is 8. The minimum absolute atomic E-state index is 0.676. The first-order valence-electron chi connectivity index (χ1n) is 3.74. The molecule has 15 heavy (non-hydrogen) atoms. The molecule has 8 heteroatoms.